The number of esters is 3. The number of carbonyl (C=O) groups excluding carboxylic acids is 3. The lowest BCUT2D eigenvalue weighted by molar-refractivity contribution is -0.193. The predicted octanol–water partition coefficient (Wildman–Crippen LogP) is 3.00. The second-order valence-electron chi connectivity index (χ2n) is 6.55. The van der Waals surface area contributed by atoms with E-state index < -0.39 is 24.1 Å². The minimum absolute atomic E-state index is 0.0301. The van der Waals surface area contributed by atoms with Crippen molar-refractivity contribution in [3.63, 3.8) is 0 Å². The van der Waals surface area contributed by atoms with Gasteiger partial charge < -0.3 is 20.9 Å². The van der Waals surface area contributed by atoms with Crippen molar-refractivity contribution in [2.24, 2.45) is 16.5 Å². The molecule has 1 aliphatic rings. The third kappa shape index (κ3) is 5.40. The lowest BCUT2D eigenvalue weighted by Gasteiger charge is -2.13. The summed E-state index contributed by atoms with van der Waals surface area (Å²) in [6, 6.07) is 5.80. The molecule has 0 aliphatic carbocycles. The molecule has 2 heterocycles. The molecule has 0 unspecified atom stereocenters. The second kappa shape index (κ2) is 8.76. The van der Waals surface area contributed by atoms with Crippen LogP contribution in [0.2, 0.25) is 0 Å². The van der Waals surface area contributed by atoms with E-state index in [1.54, 1.807) is 6.07 Å². The third-order valence-corrected chi connectivity index (χ3v) is 5.41. The molecule has 0 atom stereocenters. The average Bonchev–Trinajstić information content (AvgIpc) is 3.06. The summed E-state index contributed by atoms with van der Waals surface area (Å²) in [6.45, 7) is 0. The number of rotatable bonds is 2. The van der Waals surface area contributed by atoms with Gasteiger partial charge in [-0.25, -0.2) is 19.4 Å². The van der Waals surface area contributed by atoms with Crippen LogP contribution in [-0.2, 0) is 22.4 Å². The molecular formula is C19H16F3N3O5S. The van der Waals surface area contributed by atoms with Crippen LogP contribution in [0.25, 0.3) is 0 Å². The zero-order valence-corrected chi connectivity index (χ0v) is 16.6. The van der Waals surface area contributed by atoms with E-state index in [-0.39, 0.29) is 22.1 Å². The molecule has 1 aliphatic heterocycles. The number of hydrogen-bond acceptors (Lipinski definition) is 7. The molecule has 0 saturated heterocycles. The van der Waals surface area contributed by atoms with Crippen LogP contribution in [0.5, 0.6) is 5.75 Å². The van der Waals surface area contributed by atoms with Gasteiger partial charge in [-0.05, 0) is 49.4 Å². The highest BCUT2D eigenvalue weighted by Gasteiger charge is 2.43. The molecule has 4 N–H and O–H groups in total. The van der Waals surface area contributed by atoms with Crippen molar-refractivity contribution in [1.29, 1.82) is 0 Å². The number of aryl methyl sites for hydroxylation is 2. The Kier molecular flexibility index (Phi) is 6.29. The Morgan fingerprint density at radius 1 is 1.13 bits per heavy atom. The van der Waals surface area contributed by atoms with Crippen molar-refractivity contribution in [2.75, 3.05) is 0 Å². The van der Waals surface area contributed by atoms with Gasteiger partial charge in [0, 0.05) is 10.9 Å². The number of guanidine groups is 1. The normalized spacial score (nSPS) is 14.0. The lowest BCUT2D eigenvalue weighted by atomic mass is 9.99. The van der Waals surface area contributed by atoms with E-state index in [0.717, 1.165) is 17.4 Å². The maximum Gasteiger partial charge on any atom is 0.491 e. The Hall–Kier alpha value is -3.41. The molecule has 164 valence electrons. The van der Waals surface area contributed by atoms with E-state index in [1.807, 2.05) is 0 Å². The fraction of sp³-hybridized carbons (Fsp3) is 0.263. The predicted molar refractivity (Wildman–Crippen MR) is 104 cm³/mol. The molecule has 1 aromatic heterocycles. The number of nitrogens with zero attached hydrogens (tertiary/aromatic N) is 1. The maximum atomic E-state index is 12.7. The minimum atomic E-state index is -5.30. The topological polar surface area (TPSA) is 134 Å². The van der Waals surface area contributed by atoms with Crippen LogP contribution in [0, 0.1) is 0 Å². The first-order valence-electron chi connectivity index (χ1n) is 8.95. The molecule has 1 aromatic carbocycles. The van der Waals surface area contributed by atoms with Crippen LogP contribution in [0.15, 0.2) is 29.3 Å². The fourth-order valence-corrected chi connectivity index (χ4v) is 3.93. The van der Waals surface area contributed by atoms with Crippen LogP contribution in [0.1, 0.15) is 43.3 Å². The van der Waals surface area contributed by atoms with Crippen molar-refractivity contribution < 1.29 is 37.0 Å². The van der Waals surface area contributed by atoms with Crippen molar-refractivity contribution in [3.05, 3.63) is 45.1 Å². The van der Waals surface area contributed by atoms with E-state index in [9.17, 15) is 27.6 Å². The maximum absolute atomic E-state index is 12.7. The summed E-state index contributed by atoms with van der Waals surface area (Å²) in [5.41, 5.74) is 12.2. The van der Waals surface area contributed by atoms with Crippen LogP contribution in [-0.4, -0.2) is 30.0 Å². The lowest BCUT2D eigenvalue weighted by Crippen LogP contribution is -2.27. The number of aliphatic imine (C=N–C) groups is 1. The monoisotopic (exact) mass is 455 g/mol. The van der Waals surface area contributed by atoms with E-state index in [2.05, 4.69) is 9.73 Å². The highest BCUT2D eigenvalue weighted by molar-refractivity contribution is 7.14. The highest BCUT2D eigenvalue weighted by Crippen LogP contribution is 2.34. The molecule has 31 heavy (non-hydrogen) atoms. The minimum Gasteiger partial charge on any atom is -0.422 e. The standard InChI is InChI=1S/C19H16F3N3O5S/c20-19(21,22)17(28)30-16(27)14-8-12-13(31-14)4-2-1-3-9-7-10(25-18(23)24)5-6-11(9)15(26)29-12/h5-8H,1-4H2,(H4,23,24,25). The van der Waals surface area contributed by atoms with Gasteiger partial charge >= 0.3 is 24.1 Å². The largest absolute Gasteiger partial charge is 0.491 e. The average molecular weight is 455 g/mol. The number of fused-ring (bicyclic) bond motifs is 2. The molecule has 2 aromatic rings. The molecule has 0 bridgehead atoms. The number of ether oxygens (including phenoxy) is 2. The van der Waals surface area contributed by atoms with Gasteiger partial charge in [0.1, 0.15) is 10.6 Å². The van der Waals surface area contributed by atoms with Gasteiger partial charge in [-0.1, -0.05) is 0 Å². The van der Waals surface area contributed by atoms with E-state index in [4.69, 9.17) is 16.2 Å². The van der Waals surface area contributed by atoms with Gasteiger partial charge in [-0.2, -0.15) is 13.2 Å². The van der Waals surface area contributed by atoms with Crippen LogP contribution < -0.4 is 16.2 Å². The smallest absolute Gasteiger partial charge is 0.422 e. The van der Waals surface area contributed by atoms with Gasteiger partial charge in [-0.15, -0.1) is 11.3 Å². The molecule has 0 amide bonds. The molecular weight excluding hydrogens is 439 g/mol. The molecule has 0 spiro atoms. The summed E-state index contributed by atoms with van der Waals surface area (Å²) in [5, 5.41) is 0. The van der Waals surface area contributed by atoms with Gasteiger partial charge in [-0.3, -0.25) is 0 Å². The summed E-state index contributed by atoms with van der Waals surface area (Å²) in [5.74, 6) is -4.89. The van der Waals surface area contributed by atoms with Gasteiger partial charge in [0.15, 0.2) is 5.96 Å². The Morgan fingerprint density at radius 2 is 1.84 bits per heavy atom. The first-order chi connectivity index (χ1) is 14.5. The second-order valence-corrected chi connectivity index (χ2v) is 7.68. The summed E-state index contributed by atoms with van der Waals surface area (Å²) >= 11 is 0.810. The molecule has 0 radical (unpaired) electrons. The fourth-order valence-electron chi connectivity index (χ4n) is 2.93. The first-order valence-corrected chi connectivity index (χ1v) is 9.77. The quantitative estimate of drug-likeness (QED) is 0.308. The molecule has 0 saturated carbocycles. The summed E-state index contributed by atoms with van der Waals surface area (Å²) in [7, 11) is 0. The van der Waals surface area contributed by atoms with Gasteiger partial charge in [0.2, 0.25) is 0 Å². The zero-order valence-electron chi connectivity index (χ0n) is 15.8. The SMILES string of the molecule is NC(N)=Nc1ccc2c(c1)CCCCc1sc(C(=O)OC(=O)C(F)(F)F)cc1OC2=O. The molecule has 12 heteroatoms. The zero-order chi connectivity index (χ0) is 22.8. The van der Waals surface area contributed by atoms with Crippen molar-refractivity contribution >= 4 is 40.9 Å². The number of halogens is 3. The van der Waals surface area contributed by atoms with Crippen LogP contribution in [0.3, 0.4) is 0 Å². The van der Waals surface area contributed by atoms with Crippen LogP contribution in [0.4, 0.5) is 18.9 Å². The van der Waals surface area contributed by atoms with Crippen molar-refractivity contribution in [3.8, 4) is 5.75 Å². The summed E-state index contributed by atoms with van der Waals surface area (Å²) in [4.78, 5) is 39.7. The Morgan fingerprint density at radius 3 is 2.52 bits per heavy atom. The van der Waals surface area contributed by atoms with Crippen LogP contribution >= 0.6 is 11.3 Å². The van der Waals surface area contributed by atoms with Crippen molar-refractivity contribution in [1.82, 2.24) is 0 Å². The summed E-state index contributed by atoms with van der Waals surface area (Å²) < 4.78 is 46.2. The van der Waals surface area contributed by atoms with Gasteiger partial charge in [0.25, 0.3) is 0 Å². The van der Waals surface area contributed by atoms with E-state index in [0.29, 0.717) is 41.8 Å². The number of benzene rings is 1. The Balaban J connectivity index is 1.87. The van der Waals surface area contributed by atoms with E-state index >= 15 is 0 Å². The Bertz CT molecular complexity index is 1070. The van der Waals surface area contributed by atoms with E-state index in [1.165, 1.54) is 12.1 Å². The number of hydrogen-bond donors (Lipinski definition) is 2. The number of alkyl halides is 3. The molecule has 8 nitrogen and oxygen atoms in total. The molecule has 0 fully saturated rings. The Labute approximate surface area is 177 Å². The number of thiophene rings is 1. The third-order valence-electron chi connectivity index (χ3n) is 4.26. The first kappa shape index (κ1) is 22.3. The molecule has 3 rings (SSSR count). The number of carbonyl (C=O) groups is 3. The highest BCUT2D eigenvalue weighted by atomic mass is 32.1. The summed E-state index contributed by atoms with van der Waals surface area (Å²) in [6.07, 6.45) is -3.03. The van der Waals surface area contributed by atoms with Gasteiger partial charge in [0.05, 0.1) is 11.3 Å². The number of nitrogens with two attached hydrogens (primary N) is 2. The van der Waals surface area contributed by atoms with Crippen molar-refractivity contribution in [2.45, 2.75) is 31.9 Å².